The van der Waals surface area contributed by atoms with Crippen molar-refractivity contribution in [3.05, 3.63) is 64.7 Å². The summed E-state index contributed by atoms with van der Waals surface area (Å²) in [6.07, 6.45) is 0.699. The van der Waals surface area contributed by atoms with Gasteiger partial charge in [0.15, 0.2) is 0 Å². The molecule has 0 spiro atoms. The van der Waals surface area contributed by atoms with Crippen LogP contribution in [0.1, 0.15) is 17.5 Å². The summed E-state index contributed by atoms with van der Waals surface area (Å²) in [4.78, 5) is 7.03. The maximum absolute atomic E-state index is 9.31. The van der Waals surface area contributed by atoms with Gasteiger partial charge in [-0.1, -0.05) is 41.9 Å². The van der Waals surface area contributed by atoms with Gasteiger partial charge in [-0.15, -0.1) is 0 Å². The van der Waals surface area contributed by atoms with E-state index in [0.29, 0.717) is 18.0 Å². The molecule has 0 bridgehead atoms. The molecule has 4 heteroatoms. The van der Waals surface area contributed by atoms with Crippen molar-refractivity contribution >= 4 is 23.0 Å². The fourth-order valence-corrected chi connectivity index (χ4v) is 3.06. The lowest BCUT2D eigenvalue weighted by molar-refractivity contribution is 0.275. The number of aliphatic hydroxyl groups excluding tert-OH is 1. The molecule has 0 aliphatic carbocycles. The van der Waals surface area contributed by atoms with E-state index in [1.807, 2.05) is 36.4 Å². The molecule has 1 atom stereocenters. The van der Waals surface area contributed by atoms with Crippen molar-refractivity contribution in [1.29, 1.82) is 0 Å². The number of likely N-dealkylation sites (N-methyl/N-ethyl adjacent to an activating group) is 1. The number of aliphatic imine (C=N–C) groups is 1. The molecule has 3 nitrogen and oxygen atoms in total. The van der Waals surface area contributed by atoms with Crippen molar-refractivity contribution in [2.24, 2.45) is 4.99 Å². The molecule has 1 unspecified atom stereocenters. The molecule has 1 heterocycles. The van der Waals surface area contributed by atoms with E-state index in [1.165, 1.54) is 0 Å². The highest BCUT2D eigenvalue weighted by atomic mass is 35.5. The number of rotatable bonds is 3. The summed E-state index contributed by atoms with van der Waals surface area (Å²) in [6, 6.07) is 16.3. The minimum Gasteiger partial charge on any atom is -0.396 e. The molecule has 2 aromatic rings. The van der Waals surface area contributed by atoms with Crippen LogP contribution < -0.4 is 4.90 Å². The largest absolute Gasteiger partial charge is 0.396 e. The minimum absolute atomic E-state index is 0.161. The van der Waals surface area contributed by atoms with Gasteiger partial charge in [-0.05, 0) is 24.6 Å². The highest BCUT2D eigenvalue weighted by molar-refractivity contribution is 6.31. The third-order valence-corrected chi connectivity index (χ3v) is 4.35. The van der Waals surface area contributed by atoms with Crippen LogP contribution in [0.15, 0.2) is 53.5 Å². The van der Waals surface area contributed by atoms with Crippen molar-refractivity contribution in [1.82, 2.24) is 0 Å². The Morgan fingerprint density at radius 2 is 2.00 bits per heavy atom. The molecule has 22 heavy (non-hydrogen) atoms. The lowest BCUT2D eigenvalue weighted by atomic mass is 10.00. The Hall–Kier alpha value is -1.84. The minimum atomic E-state index is 0.161. The normalized spacial score (nSPS) is 17.7. The van der Waals surface area contributed by atoms with Crippen LogP contribution in [-0.2, 0) is 0 Å². The monoisotopic (exact) mass is 314 g/mol. The summed E-state index contributed by atoms with van der Waals surface area (Å²) in [5.74, 6) is 0. The van der Waals surface area contributed by atoms with E-state index in [4.69, 9.17) is 16.6 Å². The SMILES string of the molecule is CN1c2ccc(Cl)cc2C(c2ccccc2)=NCC1CCO. The Labute approximate surface area is 135 Å². The van der Waals surface area contributed by atoms with Gasteiger partial charge in [-0.2, -0.15) is 0 Å². The first-order valence-corrected chi connectivity index (χ1v) is 7.82. The standard InChI is InChI=1S/C18H19ClN2O/c1-21-15(9-10-22)12-20-18(13-5-3-2-4-6-13)16-11-14(19)7-8-17(16)21/h2-8,11,15,22H,9-10,12H2,1H3. The maximum Gasteiger partial charge on any atom is 0.0741 e. The van der Waals surface area contributed by atoms with Crippen molar-refractivity contribution in [2.45, 2.75) is 12.5 Å². The highest BCUT2D eigenvalue weighted by Gasteiger charge is 2.24. The van der Waals surface area contributed by atoms with Gasteiger partial charge in [0, 0.05) is 35.5 Å². The number of halogens is 1. The fraction of sp³-hybridized carbons (Fsp3) is 0.278. The third kappa shape index (κ3) is 2.87. The number of nitrogens with zero attached hydrogens (tertiary/aromatic N) is 2. The van der Waals surface area contributed by atoms with Crippen LogP contribution in [0.5, 0.6) is 0 Å². The van der Waals surface area contributed by atoms with Gasteiger partial charge in [0.1, 0.15) is 0 Å². The first-order valence-electron chi connectivity index (χ1n) is 7.44. The van der Waals surface area contributed by atoms with Crippen LogP contribution in [0.2, 0.25) is 5.02 Å². The van der Waals surface area contributed by atoms with Crippen molar-refractivity contribution < 1.29 is 5.11 Å². The summed E-state index contributed by atoms with van der Waals surface area (Å²) < 4.78 is 0. The zero-order chi connectivity index (χ0) is 15.5. The lowest BCUT2D eigenvalue weighted by Crippen LogP contribution is -2.34. The Balaban J connectivity index is 2.14. The summed E-state index contributed by atoms with van der Waals surface area (Å²) in [5.41, 5.74) is 4.19. The third-order valence-electron chi connectivity index (χ3n) is 4.11. The molecule has 2 aromatic carbocycles. The van der Waals surface area contributed by atoms with Crippen LogP contribution in [0.3, 0.4) is 0 Å². The molecule has 0 saturated heterocycles. The van der Waals surface area contributed by atoms with Crippen molar-refractivity contribution in [2.75, 3.05) is 25.1 Å². The molecule has 1 aliphatic heterocycles. The van der Waals surface area contributed by atoms with E-state index < -0.39 is 0 Å². The van der Waals surface area contributed by atoms with Crippen LogP contribution in [-0.4, -0.2) is 37.1 Å². The van der Waals surface area contributed by atoms with Crippen LogP contribution >= 0.6 is 11.6 Å². The maximum atomic E-state index is 9.31. The van der Waals surface area contributed by atoms with Gasteiger partial charge < -0.3 is 10.0 Å². The van der Waals surface area contributed by atoms with Gasteiger partial charge in [-0.25, -0.2) is 0 Å². The van der Waals surface area contributed by atoms with Gasteiger partial charge >= 0.3 is 0 Å². The number of fused-ring (bicyclic) bond motifs is 1. The summed E-state index contributed by atoms with van der Waals surface area (Å²) in [6.45, 7) is 0.821. The topological polar surface area (TPSA) is 35.8 Å². The Morgan fingerprint density at radius 3 is 2.73 bits per heavy atom. The van der Waals surface area contributed by atoms with E-state index >= 15 is 0 Å². The quantitative estimate of drug-likeness (QED) is 0.942. The van der Waals surface area contributed by atoms with E-state index in [2.05, 4.69) is 24.1 Å². The molecule has 0 saturated carbocycles. The molecule has 0 aromatic heterocycles. The summed E-state index contributed by atoms with van der Waals surface area (Å²) in [7, 11) is 2.05. The van der Waals surface area contributed by atoms with Gasteiger partial charge in [0.25, 0.3) is 0 Å². The number of aliphatic hydroxyl groups is 1. The van der Waals surface area contributed by atoms with Gasteiger partial charge in [0.05, 0.1) is 18.3 Å². The zero-order valence-electron chi connectivity index (χ0n) is 12.5. The Kier molecular flexibility index (Phi) is 4.46. The van der Waals surface area contributed by atoms with Crippen LogP contribution in [0.4, 0.5) is 5.69 Å². The molecular formula is C18H19ClN2O. The predicted octanol–water partition coefficient (Wildman–Crippen LogP) is 3.38. The molecule has 3 rings (SSSR count). The first kappa shape index (κ1) is 15.1. The molecule has 1 N–H and O–H groups in total. The average Bonchev–Trinajstić information content (AvgIpc) is 2.66. The Morgan fingerprint density at radius 1 is 1.23 bits per heavy atom. The number of hydrogen-bond acceptors (Lipinski definition) is 3. The second-order valence-corrected chi connectivity index (χ2v) is 5.93. The average molecular weight is 315 g/mol. The molecule has 0 radical (unpaired) electrons. The first-order chi connectivity index (χ1) is 10.7. The van der Waals surface area contributed by atoms with Crippen LogP contribution in [0, 0.1) is 0 Å². The van der Waals surface area contributed by atoms with E-state index in [-0.39, 0.29) is 12.6 Å². The second kappa shape index (κ2) is 6.51. The summed E-state index contributed by atoms with van der Waals surface area (Å²) in [5, 5.41) is 10.0. The smallest absolute Gasteiger partial charge is 0.0741 e. The van der Waals surface area contributed by atoms with E-state index in [0.717, 1.165) is 22.5 Å². The predicted molar refractivity (Wildman–Crippen MR) is 92.3 cm³/mol. The van der Waals surface area contributed by atoms with Crippen molar-refractivity contribution in [3.8, 4) is 0 Å². The Bertz CT molecular complexity index is 685. The second-order valence-electron chi connectivity index (χ2n) is 5.49. The number of benzodiazepines with no additional fused rings is 1. The molecule has 1 aliphatic rings. The van der Waals surface area contributed by atoms with Crippen LogP contribution in [0.25, 0.3) is 0 Å². The molecular weight excluding hydrogens is 296 g/mol. The lowest BCUT2D eigenvalue weighted by Gasteiger charge is -2.28. The van der Waals surface area contributed by atoms with E-state index in [9.17, 15) is 5.11 Å². The number of benzene rings is 2. The van der Waals surface area contributed by atoms with Crippen molar-refractivity contribution in [3.63, 3.8) is 0 Å². The number of hydrogen-bond donors (Lipinski definition) is 1. The summed E-state index contributed by atoms with van der Waals surface area (Å²) >= 11 is 6.21. The molecule has 0 fully saturated rings. The molecule has 114 valence electrons. The van der Waals surface area contributed by atoms with Gasteiger partial charge in [0.2, 0.25) is 0 Å². The van der Waals surface area contributed by atoms with E-state index in [1.54, 1.807) is 0 Å². The number of anilines is 1. The highest BCUT2D eigenvalue weighted by Crippen LogP contribution is 2.30. The molecule has 0 amide bonds. The fourth-order valence-electron chi connectivity index (χ4n) is 2.88. The van der Waals surface area contributed by atoms with Gasteiger partial charge in [-0.3, -0.25) is 4.99 Å². The zero-order valence-corrected chi connectivity index (χ0v) is 13.3.